The Kier molecular flexibility index (Phi) is 13.9. The van der Waals surface area contributed by atoms with E-state index in [0.717, 1.165) is 143 Å². The Hall–Kier alpha value is -13.8. The maximum atomic E-state index is 5.11. The number of hydrogen-bond acceptors (Lipinski definition) is 8. The van der Waals surface area contributed by atoms with Gasteiger partial charge in [-0.05, 0) is 119 Å². The van der Waals surface area contributed by atoms with Crippen LogP contribution in [0.5, 0.6) is 0 Å². The van der Waals surface area contributed by atoms with Gasteiger partial charge in [0.2, 0.25) is 11.9 Å². The third-order valence-electron chi connectivity index (χ3n) is 18.9. The van der Waals surface area contributed by atoms with Gasteiger partial charge >= 0.3 is 0 Å². The number of aromatic nitrogens is 12. The second-order valence-corrected chi connectivity index (χ2v) is 24.7. The SMILES string of the molecule is c1ccc(-c2nc(-c3ccccc3)nc(-n3c4ccccc4c4c(-c5ccc6c(c5)c5ncccc5n6-c5ccccc5)cccc43)n2)cc1.c1ccc(-c2nc(-c3ccccc3)nc(-n3c4ccccc4c4c(-c5ccc6c(c5)c5ncccc5n6-c5ccccc5)cccc43)n2)cc1. The number of benzene rings is 12. The topological polar surface area (TPSA) is 123 Å². The van der Waals surface area contributed by atoms with Crippen molar-refractivity contribution in [3.05, 3.63) is 340 Å². The van der Waals surface area contributed by atoms with Crippen LogP contribution in [-0.4, -0.2) is 58.1 Å². The second kappa shape index (κ2) is 24.1. The van der Waals surface area contributed by atoms with Gasteiger partial charge in [-0.15, -0.1) is 0 Å². The fraction of sp³-hybridized carbons (Fsp3) is 0. The normalized spacial score (nSPS) is 11.6. The van der Waals surface area contributed by atoms with Crippen LogP contribution in [-0.2, 0) is 0 Å². The molecule has 468 valence electrons. The zero-order chi connectivity index (χ0) is 66.0. The first-order chi connectivity index (χ1) is 49.6. The summed E-state index contributed by atoms with van der Waals surface area (Å²) in [6.45, 7) is 0. The standard InChI is InChI=1S/2C44H28N6/c2*1-4-14-29(15-5-1)42-46-43(30-16-6-2-7-17-30)48-44(47-42)50-36-22-11-10-20-34(36)40-33(21-12-23-38(40)50)31-25-26-37-35(28-31)41-39(24-13-27-45-41)49(37)32-18-8-3-9-19-32/h2*1-28H. The first-order valence-electron chi connectivity index (χ1n) is 33.3. The maximum Gasteiger partial charge on any atom is 0.238 e. The Morgan fingerprint density at radius 1 is 0.200 bits per heavy atom. The van der Waals surface area contributed by atoms with E-state index in [2.05, 4.69) is 200 Å². The lowest BCUT2D eigenvalue weighted by atomic mass is 9.98. The van der Waals surface area contributed by atoms with Crippen LogP contribution in [0.2, 0.25) is 0 Å². The summed E-state index contributed by atoms with van der Waals surface area (Å²) in [5.41, 5.74) is 21.0. The first-order valence-corrected chi connectivity index (χ1v) is 33.3. The van der Waals surface area contributed by atoms with Gasteiger partial charge in [0.25, 0.3) is 0 Å². The van der Waals surface area contributed by atoms with Crippen LogP contribution >= 0.6 is 0 Å². The number of pyridine rings is 2. The Morgan fingerprint density at radius 2 is 0.510 bits per heavy atom. The maximum absolute atomic E-state index is 5.11. The van der Waals surface area contributed by atoms with E-state index in [1.54, 1.807) is 0 Å². The van der Waals surface area contributed by atoms with Gasteiger partial charge in [0.15, 0.2) is 23.3 Å². The van der Waals surface area contributed by atoms with Crippen LogP contribution in [0.15, 0.2) is 340 Å². The summed E-state index contributed by atoms with van der Waals surface area (Å²) < 4.78 is 8.94. The van der Waals surface area contributed by atoms with Crippen LogP contribution in [0.1, 0.15) is 0 Å². The molecule has 0 saturated heterocycles. The fourth-order valence-electron chi connectivity index (χ4n) is 14.5. The third-order valence-corrected chi connectivity index (χ3v) is 18.9. The minimum Gasteiger partial charge on any atom is -0.308 e. The molecule has 0 atom stereocenters. The molecule has 0 fully saturated rings. The van der Waals surface area contributed by atoms with Crippen molar-refractivity contribution in [1.82, 2.24) is 58.1 Å². The summed E-state index contributed by atoms with van der Waals surface area (Å²) in [5, 5.41) is 6.77. The molecule has 20 aromatic rings. The van der Waals surface area contributed by atoms with Crippen molar-refractivity contribution in [1.29, 1.82) is 0 Å². The molecule has 20 rings (SSSR count). The van der Waals surface area contributed by atoms with E-state index < -0.39 is 0 Å². The highest BCUT2D eigenvalue weighted by Crippen LogP contribution is 2.44. The molecule has 0 spiro atoms. The van der Waals surface area contributed by atoms with Gasteiger partial charge in [0, 0.05) is 78.3 Å². The average molecular weight is 1280 g/mol. The minimum absolute atomic E-state index is 0.576. The van der Waals surface area contributed by atoms with E-state index >= 15 is 0 Å². The predicted octanol–water partition coefficient (Wildman–Crippen LogP) is 20.9. The largest absolute Gasteiger partial charge is 0.308 e. The Morgan fingerprint density at radius 3 is 0.880 bits per heavy atom. The molecule has 8 heterocycles. The highest BCUT2D eigenvalue weighted by Gasteiger charge is 2.24. The van der Waals surface area contributed by atoms with Crippen molar-refractivity contribution in [2.45, 2.75) is 0 Å². The Labute approximate surface area is 573 Å². The van der Waals surface area contributed by atoms with Crippen molar-refractivity contribution in [2.75, 3.05) is 0 Å². The molecule has 0 unspecified atom stereocenters. The van der Waals surface area contributed by atoms with Crippen LogP contribution in [0, 0.1) is 0 Å². The lowest BCUT2D eigenvalue weighted by Crippen LogP contribution is -2.06. The zero-order valence-corrected chi connectivity index (χ0v) is 53.7. The van der Waals surface area contributed by atoms with Gasteiger partial charge in [-0.3, -0.25) is 19.1 Å². The van der Waals surface area contributed by atoms with Gasteiger partial charge in [0.05, 0.1) is 55.2 Å². The molecule has 0 aliphatic rings. The molecule has 0 aliphatic carbocycles. The van der Waals surface area contributed by atoms with Crippen molar-refractivity contribution in [3.63, 3.8) is 0 Å². The van der Waals surface area contributed by atoms with Crippen LogP contribution in [0.25, 0.3) is 179 Å². The van der Waals surface area contributed by atoms with Crippen LogP contribution in [0.4, 0.5) is 0 Å². The fourth-order valence-corrected chi connectivity index (χ4v) is 14.5. The van der Waals surface area contributed by atoms with Gasteiger partial charge in [-0.1, -0.05) is 231 Å². The quantitative estimate of drug-likeness (QED) is 0.133. The molecule has 0 amide bonds. The van der Waals surface area contributed by atoms with E-state index in [4.69, 9.17) is 39.9 Å². The molecule has 100 heavy (non-hydrogen) atoms. The molecule has 12 heteroatoms. The molecule has 12 nitrogen and oxygen atoms in total. The number of para-hydroxylation sites is 4. The van der Waals surface area contributed by atoms with E-state index in [9.17, 15) is 0 Å². The molecule has 0 saturated carbocycles. The second-order valence-electron chi connectivity index (χ2n) is 24.7. The zero-order valence-electron chi connectivity index (χ0n) is 53.7. The molecule has 0 N–H and O–H groups in total. The smallest absolute Gasteiger partial charge is 0.238 e. The summed E-state index contributed by atoms with van der Waals surface area (Å²) in [5.74, 6) is 3.67. The average Bonchev–Trinajstić information content (AvgIpc) is 1.57. The molecule has 0 bridgehead atoms. The Balaban J connectivity index is 0.000000139. The first kappa shape index (κ1) is 57.6. The van der Waals surface area contributed by atoms with Gasteiger partial charge < -0.3 is 9.13 Å². The monoisotopic (exact) mass is 1280 g/mol. The van der Waals surface area contributed by atoms with Gasteiger partial charge in [-0.25, -0.2) is 9.97 Å². The summed E-state index contributed by atoms with van der Waals surface area (Å²) >= 11 is 0. The highest BCUT2D eigenvalue weighted by molar-refractivity contribution is 6.19. The van der Waals surface area contributed by atoms with E-state index in [1.165, 1.54) is 0 Å². The summed E-state index contributed by atoms with van der Waals surface area (Å²) in [6, 6.07) is 113. The number of fused-ring (bicyclic) bond motifs is 12. The van der Waals surface area contributed by atoms with Crippen molar-refractivity contribution in [2.24, 2.45) is 0 Å². The Bertz CT molecular complexity index is 5990. The van der Waals surface area contributed by atoms with Crippen LogP contribution in [0.3, 0.4) is 0 Å². The molecular formula is C88H56N12. The molecular weight excluding hydrogens is 1230 g/mol. The van der Waals surface area contributed by atoms with Gasteiger partial charge in [-0.2, -0.15) is 19.9 Å². The molecule has 12 aromatic carbocycles. The minimum atomic E-state index is 0.576. The summed E-state index contributed by atoms with van der Waals surface area (Å²) in [4.78, 5) is 40.1. The van der Waals surface area contributed by atoms with Crippen molar-refractivity contribution >= 4 is 87.5 Å². The molecule has 0 aliphatic heterocycles. The summed E-state index contributed by atoms with van der Waals surface area (Å²) in [7, 11) is 0. The number of hydrogen-bond donors (Lipinski definition) is 0. The van der Waals surface area contributed by atoms with E-state index in [1.807, 2.05) is 158 Å². The van der Waals surface area contributed by atoms with E-state index in [-0.39, 0.29) is 0 Å². The van der Waals surface area contributed by atoms with Crippen molar-refractivity contribution in [3.8, 4) is 91.1 Å². The van der Waals surface area contributed by atoms with Gasteiger partial charge in [0.1, 0.15) is 0 Å². The van der Waals surface area contributed by atoms with Crippen molar-refractivity contribution < 1.29 is 0 Å². The third kappa shape index (κ3) is 9.76. The van der Waals surface area contributed by atoms with Crippen LogP contribution < -0.4 is 0 Å². The molecule has 0 radical (unpaired) electrons. The lowest BCUT2D eigenvalue weighted by Gasteiger charge is -2.11. The molecule has 8 aromatic heterocycles. The highest BCUT2D eigenvalue weighted by atomic mass is 15.2. The number of nitrogens with zero attached hydrogens (tertiary/aromatic N) is 12. The lowest BCUT2D eigenvalue weighted by molar-refractivity contribution is 0.953. The predicted molar refractivity (Wildman–Crippen MR) is 405 cm³/mol. The van der Waals surface area contributed by atoms with E-state index in [0.29, 0.717) is 35.2 Å². The number of rotatable bonds is 10. The summed E-state index contributed by atoms with van der Waals surface area (Å²) in [6.07, 6.45) is 3.75.